The Bertz CT molecular complexity index is 686. The first kappa shape index (κ1) is 14.7. The van der Waals surface area contributed by atoms with E-state index in [1.807, 2.05) is 6.92 Å². The average molecular weight is 308 g/mol. The molecule has 2 amide bonds. The number of carbonyl (C=O) groups excluding carboxylic acids is 1. The van der Waals surface area contributed by atoms with Gasteiger partial charge in [-0.2, -0.15) is 0 Å². The first-order chi connectivity index (χ1) is 9.99. The summed E-state index contributed by atoms with van der Waals surface area (Å²) in [4.78, 5) is 22.9. The highest BCUT2D eigenvalue weighted by molar-refractivity contribution is 7.15. The number of hydrogen-bond donors (Lipinski definition) is 4. The van der Waals surface area contributed by atoms with Crippen LogP contribution in [0.4, 0.5) is 15.6 Å². The summed E-state index contributed by atoms with van der Waals surface area (Å²) in [6, 6.07) is 3.00. The predicted molar refractivity (Wildman–Crippen MR) is 77.0 cm³/mol. The fraction of sp³-hybridized carbons (Fsp3) is 0.167. The summed E-state index contributed by atoms with van der Waals surface area (Å²) in [5.41, 5.74) is -0.144. The molecule has 0 saturated carbocycles. The molecule has 1 aromatic carbocycles. The van der Waals surface area contributed by atoms with Crippen LogP contribution in [0.3, 0.4) is 0 Å². The summed E-state index contributed by atoms with van der Waals surface area (Å²) in [5, 5.41) is 31.9. The molecule has 2 rings (SSSR count). The number of carbonyl (C=O) groups is 2. The molecule has 0 aliphatic rings. The summed E-state index contributed by atoms with van der Waals surface area (Å²) in [6.07, 6.45) is 0.710. The maximum atomic E-state index is 11.8. The van der Waals surface area contributed by atoms with Crippen molar-refractivity contribution in [3.63, 3.8) is 0 Å². The van der Waals surface area contributed by atoms with Crippen LogP contribution in [0.2, 0.25) is 0 Å². The molecule has 4 N–H and O–H groups in total. The largest absolute Gasteiger partial charge is 0.508 e. The Kier molecular flexibility index (Phi) is 4.33. The van der Waals surface area contributed by atoms with Gasteiger partial charge in [0.2, 0.25) is 5.13 Å². The van der Waals surface area contributed by atoms with Crippen molar-refractivity contribution < 1.29 is 19.8 Å². The third-order valence-corrected chi connectivity index (χ3v) is 3.45. The van der Waals surface area contributed by atoms with E-state index < -0.39 is 12.0 Å². The third-order valence-electron chi connectivity index (χ3n) is 2.47. The summed E-state index contributed by atoms with van der Waals surface area (Å²) in [6.45, 7) is 1.92. The van der Waals surface area contributed by atoms with E-state index in [4.69, 9.17) is 5.11 Å². The molecule has 0 radical (unpaired) electrons. The van der Waals surface area contributed by atoms with Gasteiger partial charge >= 0.3 is 12.0 Å². The number of benzene rings is 1. The van der Waals surface area contributed by atoms with Gasteiger partial charge in [0.15, 0.2) is 0 Å². The number of aromatic nitrogens is 2. The quantitative estimate of drug-likeness (QED) is 0.641. The second-order valence-corrected chi connectivity index (χ2v) is 5.03. The molecule has 2 aromatic rings. The number of urea groups is 1. The van der Waals surface area contributed by atoms with Gasteiger partial charge in [-0.3, -0.25) is 5.32 Å². The Morgan fingerprint density at radius 3 is 2.67 bits per heavy atom. The highest BCUT2D eigenvalue weighted by atomic mass is 32.1. The van der Waals surface area contributed by atoms with E-state index in [0.717, 1.165) is 11.1 Å². The first-order valence-electron chi connectivity index (χ1n) is 5.96. The number of aryl methyl sites for hydroxylation is 1. The third kappa shape index (κ3) is 3.66. The number of aromatic carboxylic acids is 1. The molecule has 0 bridgehead atoms. The van der Waals surface area contributed by atoms with Crippen molar-refractivity contribution in [1.29, 1.82) is 0 Å². The lowest BCUT2D eigenvalue weighted by Crippen LogP contribution is -2.20. The molecule has 0 atom stereocenters. The summed E-state index contributed by atoms with van der Waals surface area (Å²) < 4.78 is 0. The van der Waals surface area contributed by atoms with E-state index >= 15 is 0 Å². The van der Waals surface area contributed by atoms with Gasteiger partial charge in [-0.1, -0.05) is 18.3 Å². The number of aromatic hydroxyl groups is 1. The molecule has 21 heavy (non-hydrogen) atoms. The molecule has 1 heterocycles. The second-order valence-electron chi connectivity index (χ2n) is 3.97. The lowest BCUT2D eigenvalue weighted by molar-refractivity contribution is 0.0697. The molecule has 8 nitrogen and oxygen atoms in total. The van der Waals surface area contributed by atoms with Gasteiger partial charge in [-0.15, -0.1) is 10.2 Å². The van der Waals surface area contributed by atoms with Crippen LogP contribution < -0.4 is 10.6 Å². The van der Waals surface area contributed by atoms with Crippen LogP contribution in [0.25, 0.3) is 0 Å². The minimum Gasteiger partial charge on any atom is -0.508 e. The zero-order valence-electron chi connectivity index (χ0n) is 11.0. The molecule has 110 valence electrons. The van der Waals surface area contributed by atoms with Crippen LogP contribution in [0.1, 0.15) is 22.3 Å². The minimum absolute atomic E-state index is 0.0676. The van der Waals surface area contributed by atoms with E-state index in [9.17, 15) is 14.7 Å². The number of carboxylic acid groups (broad SMARTS) is 1. The zero-order valence-corrected chi connectivity index (χ0v) is 11.8. The number of phenols is 1. The number of carboxylic acids is 1. The predicted octanol–water partition coefficient (Wildman–Crippen LogP) is 2.15. The van der Waals surface area contributed by atoms with Gasteiger partial charge < -0.3 is 15.5 Å². The molecule has 0 aliphatic heterocycles. The van der Waals surface area contributed by atoms with E-state index in [1.54, 1.807) is 0 Å². The average Bonchev–Trinajstić information content (AvgIpc) is 2.88. The number of anilines is 2. The monoisotopic (exact) mass is 308 g/mol. The smallest absolute Gasteiger partial charge is 0.337 e. The molecule has 0 aliphatic carbocycles. The topological polar surface area (TPSA) is 124 Å². The van der Waals surface area contributed by atoms with Crippen LogP contribution in [0, 0.1) is 0 Å². The van der Waals surface area contributed by atoms with E-state index in [-0.39, 0.29) is 17.0 Å². The summed E-state index contributed by atoms with van der Waals surface area (Å²) in [7, 11) is 0. The van der Waals surface area contributed by atoms with Crippen molar-refractivity contribution in [2.45, 2.75) is 13.3 Å². The summed E-state index contributed by atoms with van der Waals surface area (Å²) >= 11 is 1.23. The second kappa shape index (κ2) is 6.18. The van der Waals surface area contributed by atoms with Crippen molar-refractivity contribution in [3.8, 4) is 5.75 Å². The summed E-state index contributed by atoms with van der Waals surface area (Å²) in [5.74, 6) is -1.46. The first-order valence-corrected chi connectivity index (χ1v) is 6.78. The Hall–Kier alpha value is -2.68. The number of amides is 2. The van der Waals surface area contributed by atoms with Gasteiger partial charge in [0, 0.05) is 0 Å². The van der Waals surface area contributed by atoms with Crippen molar-refractivity contribution in [2.24, 2.45) is 0 Å². The molecule has 0 saturated heterocycles. The maximum absolute atomic E-state index is 11.8. The van der Waals surface area contributed by atoms with Gasteiger partial charge in [0.25, 0.3) is 0 Å². The van der Waals surface area contributed by atoms with Crippen LogP contribution in [0.15, 0.2) is 18.2 Å². The van der Waals surface area contributed by atoms with Crippen LogP contribution >= 0.6 is 11.3 Å². The van der Waals surface area contributed by atoms with Gasteiger partial charge in [-0.25, -0.2) is 9.59 Å². The SMILES string of the molecule is CCc1nnc(NC(=O)Nc2ccc(O)cc2C(=O)O)s1. The van der Waals surface area contributed by atoms with Gasteiger partial charge in [0.1, 0.15) is 10.8 Å². The standard InChI is InChI=1S/C12H12N4O4S/c1-2-9-15-16-12(21-9)14-11(20)13-8-4-3-6(17)5-7(8)10(18)19/h3-5,17H,2H2,1H3,(H,18,19)(H2,13,14,16,20). The van der Waals surface area contributed by atoms with Crippen LogP contribution in [-0.4, -0.2) is 32.4 Å². The molecule has 0 spiro atoms. The van der Waals surface area contributed by atoms with Crippen LogP contribution in [-0.2, 0) is 6.42 Å². The number of nitrogens with zero attached hydrogens (tertiary/aromatic N) is 2. The Balaban J connectivity index is 2.10. The molecule has 1 aromatic heterocycles. The van der Waals surface area contributed by atoms with E-state index in [0.29, 0.717) is 11.6 Å². The molecular formula is C12H12N4O4S. The number of phenolic OH excluding ortho intramolecular Hbond substituents is 1. The molecule has 9 heteroatoms. The number of rotatable bonds is 4. The number of nitrogens with one attached hydrogen (secondary N) is 2. The Morgan fingerprint density at radius 2 is 2.05 bits per heavy atom. The van der Waals surface area contributed by atoms with Crippen molar-refractivity contribution >= 4 is 34.2 Å². The van der Waals surface area contributed by atoms with E-state index in [2.05, 4.69) is 20.8 Å². The highest BCUT2D eigenvalue weighted by Gasteiger charge is 2.14. The van der Waals surface area contributed by atoms with Crippen molar-refractivity contribution in [3.05, 3.63) is 28.8 Å². The fourth-order valence-electron chi connectivity index (χ4n) is 1.52. The maximum Gasteiger partial charge on any atom is 0.337 e. The Morgan fingerprint density at radius 1 is 1.29 bits per heavy atom. The lowest BCUT2D eigenvalue weighted by atomic mass is 10.1. The molecule has 0 unspecified atom stereocenters. The van der Waals surface area contributed by atoms with E-state index in [1.165, 1.54) is 23.5 Å². The molecular weight excluding hydrogens is 296 g/mol. The van der Waals surface area contributed by atoms with Gasteiger partial charge in [0.05, 0.1) is 11.3 Å². The lowest BCUT2D eigenvalue weighted by Gasteiger charge is -2.08. The minimum atomic E-state index is -1.26. The van der Waals surface area contributed by atoms with Crippen LogP contribution in [0.5, 0.6) is 5.75 Å². The highest BCUT2D eigenvalue weighted by Crippen LogP contribution is 2.22. The molecule has 0 fully saturated rings. The number of hydrogen-bond acceptors (Lipinski definition) is 6. The Labute approximate surface area is 123 Å². The van der Waals surface area contributed by atoms with Crippen molar-refractivity contribution in [2.75, 3.05) is 10.6 Å². The zero-order chi connectivity index (χ0) is 15.4. The van der Waals surface area contributed by atoms with Crippen molar-refractivity contribution in [1.82, 2.24) is 10.2 Å². The normalized spacial score (nSPS) is 10.1. The fourth-order valence-corrected chi connectivity index (χ4v) is 2.19. The van der Waals surface area contributed by atoms with Gasteiger partial charge in [-0.05, 0) is 24.6 Å².